The first-order valence-corrected chi connectivity index (χ1v) is 7.03. The minimum Gasteiger partial charge on any atom is -0.396 e. The van der Waals surface area contributed by atoms with Crippen LogP contribution in [0.3, 0.4) is 0 Å². The van der Waals surface area contributed by atoms with Gasteiger partial charge in [0.15, 0.2) is 0 Å². The number of nitrogens with zero attached hydrogens (tertiary/aromatic N) is 1. The zero-order valence-corrected chi connectivity index (χ0v) is 11.3. The van der Waals surface area contributed by atoms with Crippen LogP contribution in [-0.2, 0) is 4.79 Å². The van der Waals surface area contributed by atoms with Gasteiger partial charge in [0, 0.05) is 26.1 Å². The molecule has 1 fully saturated rings. The lowest BCUT2D eigenvalue weighted by Gasteiger charge is -2.21. The highest BCUT2D eigenvalue weighted by molar-refractivity contribution is 5.76. The van der Waals surface area contributed by atoms with E-state index >= 15 is 0 Å². The second-order valence-electron chi connectivity index (χ2n) is 5.50. The fourth-order valence-corrected chi connectivity index (χ4v) is 2.58. The lowest BCUT2D eigenvalue weighted by Crippen LogP contribution is -2.31. The number of hydrogen-bond acceptors (Lipinski definition) is 2. The zero-order chi connectivity index (χ0) is 12.7. The highest BCUT2D eigenvalue weighted by atomic mass is 16.3. The third kappa shape index (κ3) is 5.07. The van der Waals surface area contributed by atoms with Crippen LogP contribution >= 0.6 is 0 Å². The van der Waals surface area contributed by atoms with Crippen LogP contribution in [0.4, 0.5) is 0 Å². The molecule has 0 radical (unpaired) electrons. The summed E-state index contributed by atoms with van der Waals surface area (Å²) in [4.78, 5) is 14.0. The first-order valence-electron chi connectivity index (χ1n) is 7.03. The summed E-state index contributed by atoms with van der Waals surface area (Å²) in [5, 5.41) is 8.71. The quantitative estimate of drug-likeness (QED) is 0.751. The van der Waals surface area contributed by atoms with E-state index in [2.05, 4.69) is 13.8 Å². The van der Waals surface area contributed by atoms with E-state index < -0.39 is 0 Å². The molecular weight excluding hydrogens is 214 g/mol. The summed E-state index contributed by atoms with van der Waals surface area (Å²) in [5.41, 5.74) is 0. The fourth-order valence-electron chi connectivity index (χ4n) is 2.58. The summed E-state index contributed by atoms with van der Waals surface area (Å²) >= 11 is 0. The summed E-state index contributed by atoms with van der Waals surface area (Å²) in [5.74, 6) is 1.80. The van der Waals surface area contributed by atoms with Crippen molar-refractivity contribution in [1.82, 2.24) is 4.90 Å². The van der Waals surface area contributed by atoms with E-state index in [0.29, 0.717) is 6.42 Å². The molecule has 1 aliphatic rings. The highest BCUT2D eigenvalue weighted by Gasteiger charge is 2.21. The van der Waals surface area contributed by atoms with E-state index in [1.54, 1.807) is 0 Å². The molecule has 1 heterocycles. The van der Waals surface area contributed by atoms with Crippen LogP contribution in [0.5, 0.6) is 0 Å². The monoisotopic (exact) mass is 241 g/mol. The third-order valence-corrected chi connectivity index (χ3v) is 3.87. The summed E-state index contributed by atoms with van der Waals surface area (Å²) in [6, 6.07) is 0. The minimum absolute atomic E-state index is 0.197. The SMILES string of the molecule is CC(C)C1CCCN(C(=O)CCCCO)CC1. The van der Waals surface area contributed by atoms with Crippen molar-refractivity contribution < 1.29 is 9.90 Å². The van der Waals surface area contributed by atoms with Gasteiger partial charge in [-0.2, -0.15) is 0 Å². The average molecular weight is 241 g/mol. The number of unbranched alkanes of at least 4 members (excludes halogenated alkanes) is 1. The smallest absolute Gasteiger partial charge is 0.222 e. The Morgan fingerprint density at radius 2 is 2.06 bits per heavy atom. The number of aliphatic hydroxyl groups is 1. The Bertz CT molecular complexity index is 228. The Hall–Kier alpha value is -0.570. The molecule has 1 saturated heterocycles. The number of hydrogen-bond donors (Lipinski definition) is 1. The first kappa shape index (κ1) is 14.5. The first-order chi connectivity index (χ1) is 8.15. The van der Waals surface area contributed by atoms with E-state index in [1.165, 1.54) is 6.42 Å². The normalized spacial score (nSPS) is 21.6. The van der Waals surface area contributed by atoms with Gasteiger partial charge in [0.25, 0.3) is 0 Å². The molecule has 100 valence electrons. The average Bonchev–Trinajstić information content (AvgIpc) is 2.54. The molecule has 1 atom stereocenters. The van der Waals surface area contributed by atoms with Crippen molar-refractivity contribution in [2.24, 2.45) is 11.8 Å². The zero-order valence-electron chi connectivity index (χ0n) is 11.3. The molecular formula is C14H27NO2. The number of carbonyl (C=O) groups is 1. The van der Waals surface area contributed by atoms with Crippen LogP contribution in [0.1, 0.15) is 52.4 Å². The van der Waals surface area contributed by atoms with Crippen molar-refractivity contribution in [1.29, 1.82) is 0 Å². The minimum atomic E-state index is 0.197. The Kier molecular flexibility index (Phi) is 6.56. The van der Waals surface area contributed by atoms with Gasteiger partial charge in [-0.15, -0.1) is 0 Å². The van der Waals surface area contributed by atoms with Crippen LogP contribution in [0, 0.1) is 11.8 Å². The van der Waals surface area contributed by atoms with E-state index in [4.69, 9.17) is 5.11 Å². The lowest BCUT2D eigenvalue weighted by atomic mass is 9.89. The Labute approximate surface area is 105 Å². The van der Waals surface area contributed by atoms with Crippen molar-refractivity contribution >= 4 is 5.91 Å². The maximum absolute atomic E-state index is 11.9. The predicted octanol–water partition coefficient (Wildman–Crippen LogP) is 2.43. The van der Waals surface area contributed by atoms with Crippen molar-refractivity contribution in [3.63, 3.8) is 0 Å². The fraction of sp³-hybridized carbons (Fsp3) is 0.929. The molecule has 0 aromatic rings. The van der Waals surface area contributed by atoms with Gasteiger partial charge in [-0.25, -0.2) is 0 Å². The van der Waals surface area contributed by atoms with Gasteiger partial charge in [0.1, 0.15) is 0 Å². The number of amides is 1. The van der Waals surface area contributed by atoms with Crippen molar-refractivity contribution in [2.45, 2.75) is 52.4 Å². The number of carbonyl (C=O) groups excluding carboxylic acids is 1. The molecule has 0 bridgehead atoms. The largest absolute Gasteiger partial charge is 0.396 e. The maximum Gasteiger partial charge on any atom is 0.222 e. The topological polar surface area (TPSA) is 40.5 Å². The van der Waals surface area contributed by atoms with Crippen molar-refractivity contribution in [2.75, 3.05) is 19.7 Å². The molecule has 0 aromatic carbocycles. The molecule has 0 spiro atoms. The third-order valence-electron chi connectivity index (χ3n) is 3.87. The van der Waals surface area contributed by atoms with Crippen molar-refractivity contribution in [3.8, 4) is 0 Å². The lowest BCUT2D eigenvalue weighted by molar-refractivity contribution is -0.131. The van der Waals surface area contributed by atoms with Crippen molar-refractivity contribution in [3.05, 3.63) is 0 Å². The number of aliphatic hydroxyl groups excluding tert-OH is 1. The number of rotatable bonds is 5. The molecule has 0 saturated carbocycles. The van der Waals surface area contributed by atoms with E-state index in [0.717, 1.165) is 50.6 Å². The molecule has 0 aliphatic carbocycles. The van der Waals surface area contributed by atoms with Crippen LogP contribution in [0.2, 0.25) is 0 Å². The molecule has 0 aromatic heterocycles. The summed E-state index contributed by atoms with van der Waals surface area (Å²) in [6.45, 7) is 6.62. The van der Waals surface area contributed by atoms with Crippen LogP contribution in [0.15, 0.2) is 0 Å². The van der Waals surface area contributed by atoms with E-state index in [-0.39, 0.29) is 12.5 Å². The second kappa shape index (κ2) is 7.70. The summed E-state index contributed by atoms with van der Waals surface area (Å²) < 4.78 is 0. The standard InChI is InChI=1S/C14H27NO2/c1-12(2)13-6-5-9-15(10-8-13)14(17)7-3-4-11-16/h12-13,16H,3-11H2,1-2H3. The molecule has 17 heavy (non-hydrogen) atoms. The Morgan fingerprint density at radius 1 is 1.29 bits per heavy atom. The van der Waals surface area contributed by atoms with Crippen LogP contribution in [0.25, 0.3) is 0 Å². The van der Waals surface area contributed by atoms with Gasteiger partial charge in [0.2, 0.25) is 5.91 Å². The van der Waals surface area contributed by atoms with Crippen LogP contribution < -0.4 is 0 Å². The Balaban J connectivity index is 2.32. The van der Waals surface area contributed by atoms with Crippen LogP contribution in [-0.4, -0.2) is 35.6 Å². The summed E-state index contributed by atoms with van der Waals surface area (Å²) in [6.07, 6.45) is 5.73. The molecule has 3 heteroatoms. The predicted molar refractivity (Wildman–Crippen MR) is 69.7 cm³/mol. The molecule has 1 N–H and O–H groups in total. The molecule has 3 nitrogen and oxygen atoms in total. The molecule has 1 aliphatic heterocycles. The second-order valence-corrected chi connectivity index (χ2v) is 5.50. The number of likely N-dealkylation sites (tertiary alicyclic amines) is 1. The van der Waals surface area contributed by atoms with Gasteiger partial charge in [-0.05, 0) is 43.9 Å². The van der Waals surface area contributed by atoms with Gasteiger partial charge in [-0.1, -0.05) is 13.8 Å². The van der Waals surface area contributed by atoms with E-state index in [9.17, 15) is 4.79 Å². The molecule has 1 rings (SSSR count). The van der Waals surface area contributed by atoms with Gasteiger partial charge in [0.05, 0.1) is 0 Å². The Morgan fingerprint density at radius 3 is 2.71 bits per heavy atom. The molecule has 1 amide bonds. The van der Waals surface area contributed by atoms with Gasteiger partial charge < -0.3 is 10.0 Å². The van der Waals surface area contributed by atoms with E-state index in [1.807, 2.05) is 4.90 Å². The summed E-state index contributed by atoms with van der Waals surface area (Å²) in [7, 11) is 0. The van der Waals surface area contributed by atoms with Gasteiger partial charge in [-0.3, -0.25) is 4.79 Å². The van der Waals surface area contributed by atoms with Gasteiger partial charge >= 0.3 is 0 Å². The maximum atomic E-state index is 11.9. The molecule has 1 unspecified atom stereocenters. The highest BCUT2D eigenvalue weighted by Crippen LogP contribution is 2.24.